The molecule has 0 atom stereocenters. The second-order valence-electron chi connectivity index (χ2n) is 4.33. The summed E-state index contributed by atoms with van der Waals surface area (Å²) in [5.74, 6) is -1.48. The van der Waals surface area contributed by atoms with Crippen LogP contribution in [-0.2, 0) is 34.0 Å². The molecule has 4 N–H and O–H groups in total. The average molecular weight is 380 g/mol. The first kappa shape index (κ1) is 24.0. The summed E-state index contributed by atoms with van der Waals surface area (Å²) in [5.41, 5.74) is 0. The molecule has 0 saturated heterocycles. The fourth-order valence-corrected chi connectivity index (χ4v) is 2.24. The van der Waals surface area contributed by atoms with Crippen LogP contribution in [0, 0.1) is 0 Å². The van der Waals surface area contributed by atoms with Gasteiger partial charge in [-0.05, 0) is 12.8 Å². The van der Waals surface area contributed by atoms with Gasteiger partial charge in [0.1, 0.15) is 0 Å². The van der Waals surface area contributed by atoms with E-state index < -0.39 is 32.7 Å². The van der Waals surface area contributed by atoms with Crippen molar-refractivity contribution in [1.29, 1.82) is 0 Å². The molecule has 0 aromatic heterocycles. The molecule has 0 amide bonds. The van der Waals surface area contributed by atoms with Crippen molar-refractivity contribution in [3.05, 3.63) is 0 Å². The van der Waals surface area contributed by atoms with Crippen molar-refractivity contribution in [3.8, 4) is 0 Å². The van der Waals surface area contributed by atoms with Gasteiger partial charge in [-0.3, -0.25) is 18.7 Å². The summed E-state index contributed by atoms with van der Waals surface area (Å²) in [6.07, 6.45) is 5.82. The molecule has 138 valence electrons. The summed E-state index contributed by atoms with van der Waals surface area (Å²) < 4.78 is 55.6. The van der Waals surface area contributed by atoms with Gasteiger partial charge in [-0.2, -0.15) is 16.8 Å². The standard InChI is InChI=1S/C10H18O4.H2O7S2/c11-9(12)7-5-3-1-2-4-6-8-10(13)14;1-8(2,3)7-9(4,5)6/h1-8H2,(H,11,12)(H,13,14);(H,1,2,3)(H,4,5,6). The monoisotopic (exact) mass is 380 g/mol. The molecule has 0 bridgehead atoms. The Hall–Kier alpha value is -1.28. The third-order valence-corrected chi connectivity index (χ3v) is 3.58. The number of aliphatic carboxylic acids is 2. The Kier molecular flexibility index (Phi) is 12.7. The van der Waals surface area contributed by atoms with Crippen LogP contribution in [0.15, 0.2) is 0 Å². The first-order chi connectivity index (χ1) is 10.3. The predicted molar refractivity (Wildman–Crippen MR) is 76.4 cm³/mol. The Morgan fingerprint density at radius 2 is 0.913 bits per heavy atom. The summed E-state index contributed by atoms with van der Waals surface area (Å²) in [6, 6.07) is 0. The van der Waals surface area contributed by atoms with Gasteiger partial charge in [-0.1, -0.05) is 25.7 Å². The molecule has 0 fully saturated rings. The van der Waals surface area contributed by atoms with E-state index in [0.717, 1.165) is 38.5 Å². The largest absolute Gasteiger partial charge is 0.481 e. The summed E-state index contributed by atoms with van der Waals surface area (Å²) >= 11 is 0. The Balaban J connectivity index is 0. The van der Waals surface area contributed by atoms with Gasteiger partial charge >= 0.3 is 32.7 Å². The molecule has 11 nitrogen and oxygen atoms in total. The zero-order valence-electron chi connectivity index (χ0n) is 12.1. The van der Waals surface area contributed by atoms with Gasteiger partial charge in [0.2, 0.25) is 0 Å². The van der Waals surface area contributed by atoms with Crippen molar-refractivity contribution in [2.45, 2.75) is 51.4 Å². The van der Waals surface area contributed by atoms with Gasteiger partial charge in [-0.25, -0.2) is 0 Å². The van der Waals surface area contributed by atoms with Gasteiger partial charge in [0.05, 0.1) is 0 Å². The van der Waals surface area contributed by atoms with Gasteiger partial charge in [0.15, 0.2) is 0 Å². The third-order valence-electron chi connectivity index (χ3n) is 2.20. The minimum atomic E-state index is -5.12. The summed E-state index contributed by atoms with van der Waals surface area (Å²) in [7, 11) is -10.2. The molecule has 23 heavy (non-hydrogen) atoms. The maximum absolute atomic E-state index is 10.1. The van der Waals surface area contributed by atoms with E-state index in [9.17, 15) is 26.4 Å². The zero-order chi connectivity index (χ0) is 18.5. The van der Waals surface area contributed by atoms with E-state index in [1.807, 2.05) is 0 Å². The Morgan fingerprint density at radius 1 is 0.652 bits per heavy atom. The van der Waals surface area contributed by atoms with Crippen molar-refractivity contribution < 1.29 is 49.4 Å². The fourth-order valence-electron chi connectivity index (χ4n) is 1.37. The molecule has 0 aliphatic heterocycles. The zero-order valence-corrected chi connectivity index (χ0v) is 13.8. The number of carbonyl (C=O) groups is 2. The number of carboxylic acid groups (broad SMARTS) is 2. The van der Waals surface area contributed by atoms with Crippen molar-refractivity contribution in [2.75, 3.05) is 0 Å². The number of hydrogen-bond acceptors (Lipinski definition) is 7. The van der Waals surface area contributed by atoms with Gasteiger partial charge in [-0.15, -0.1) is 3.63 Å². The molecule has 0 aromatic rings. The minimum Gasteiger partial charge on any atom is -0.481 e. The van der Waals surface area contributed by atoms with Crippen LogP contribution in [0.2, 0.25) is 0 Å². The number of carboxylic acids is 2. The van der Waals surface area contributed by atoms with E-state index in [-0.39, 0.29) is 12.8 Å². The third kappa shape index (κ3) is 29.4. The highest BCUT2D eigenvalue weighted by Crippen LogP contribution is 2.08. The molecule has 0 saturated carbocycles. The van der Waals surface area contributed by atoms with E-state index in [4.69, 9.17) is 19.3 Å². The van der Waals surface area contributed by atoms with Gasteiger partial charge in [0, 0.05) is 12.8 Å². The lowest BCUT2D eigenvalue weighted by Gasteiger charge is -1.98. The molecule has 0 rings (SSSR count). The smallest absolute Gasteiger partial charge is 0.413 e. The van der Waals surface area contributed by atoms with Crippen LogP contribution in [0.4, 0.5) is 0 Å². The van der Waals surface area contributed by atoms with Crippen LogP contribution in [0.1, 0.15) is 51.4 Å². The average Bonchev–Trinajstić information content (AvgIpc) is 2.27. The Morgan fingerprint density at radius 3 is 1.09 bits per heavy atom. The lowest BCUT2D eigenvalue weighted by molar-refractivity contribution is -0.138. The Bertz CT molecular complexity index is 499. The van der Waals surface area contributed by atoms with E-state index in [1.54, 1.807) is 0 Å². The number of unbranched alkanes of at least 4 members (excludes halogenated alkanes) is 5. The lowest BCUT2D eigenvalue weighted by Crippen LogP contribution is -2.10. The summed E-state index contributed by atoms with van der Waals surface area (Å²) in [4.78, 5) is 20.3. The van der Waals surface area contributed by atoms with E-state index in [2.05, 4.69) is 3.63 Å². The van der Waals surface area contributed by atoms with Crippen LogP contribution in [0.3, 0.4) is 0 Å². The topological polar surface area (TPSA) is 193 Å². The van der Waals surface area contributed by atoms with Crippen LogP contribution in [0.5, 0.6) is 0 Å². The first-order valence-corrected chi connectivity index (χ1v) is 9.16. The van der Waals surface area contributed by atoms with Gasteiger partial charge < -0.3 is 10.2 Å². The van der Waals surface area contributed by atoms with Crippen LogP contribution in [0.25, 0.3) is 0 Å². The summed E-state index contributed by atoms with van der Waals surface area (Å²) in [5, 5.41) is 16.7. The van der Waals surface area contributed by atoms with Gasteiger partial charge in [0.25, 0.3) is 0 Å². The molecule has 0 spiro atoms. The van der Waals surface area contributed by atoms with Crippen molar-refractivity contribution in [1.82, 2.24) is 0 Å². The normalized spacial score (nSPS) is 11.4. The molecule has 0 radical (unpaired) electrons. The highest BCUT2D eigenvalue weighted by atomic mass is 32.3. The van der Waals surface area contributed by atoms with Crippen LogP contribution in [-0.4, -0.2) is 48.1 Å². The van der Waals surface area contributed by atoms with Crippen molar-refractivity contribution in [2.24, 2.45) is 0 Å². The molecule has 0 aliphatic rings. The van der Waals surface area contributed by atoms with Crippen LogP contribution < -0.4 is 0 Å². The SMILES string of the molecule is O=C(O)CCCCCCCCC(=O)O.O=S(=O)(O)OS(=O)(=O)O. The lowest BCUT2D eigenvalue weighted by atomic mass is 10.1. The Labute approximate surface area is 134 Å². The fraction of sp³-hybridized carbons (Fsp3) is 0.800. The molecule has 0 unspecified atom stereocenters. The molecule has 13 heteroatoms. The second-order valence-corrected chi connectivity index (χ2v) is 6.59. The van der Waals surface area contributed by atoms with Crippen molar-refractivity contribution in [3.63, 3.8) is 0 Å². The number of hydrogen-bond donors (Lipinski definition) is 4. The maximum atomic E-state index is 10.1. The molecule has 0 heterocycles. The number of rotatable bonds is 11. The highest BCUT2D eigenvalue weighted by Gasteiger charge is 2.15. The van der Waals surface area contributed by atoms with E-state index >= 15 is 0 Å². The van der Waals surface area contributed by atoms with E-state index in [0.29, 0.717) is 0 Å². The van der Waals surface area contributed by atoms with Crippen molar-refractivity contribution >= 4 is 32.7 Å². The predicted octanol–water partition coefficient (Wildman–Crippen LogP) is 0.885. The quantitative estimate of drug-likeness (QED) is 0.293. The first-order valence-electron chi connectivity index (χ1n) is 6.43. The highest BCUT2D eigenvalue weighted by molar-refractivity contribution is 7.94. The molecular weight excluding hydrogens is 360 g/mol. The van der Waals surface area contributed by atoms with E-state index in [1.165, 1.54) is 0 Å². The second kappa shape index (κ2) is 12.2. The molecule has 0 aromatic carbocycles. The molecule has 0 aliphatic carbocycles. The maximum Gasteiger partial charge on any atom is 0.413 e. The minimum absolute atomic E-state index is 0.245. The molecular formula is C10H20O11S2. The summed E-state index contributed by atoms with van der Waals surface area (Å²) in [6.45, 7) is 0. The van der Waals surface area contributed by atoms with Crippen LogP contribution >= 0.6 is 0 Å².